The van der Waals surface area contributed by atoms with Gasteiger partial charge >= 0.3 is 0 Å². The Kier molecular flexibility index (Phi) is 4.14. The molecule has 0 spiro atoms. The summed E-state index contributed by atoms with van der Waals surface area (Å²) in [4.78, 5) is 0. The molecule has 0 aliphatic carbocycles. The number of nitrogens with two attached hydrogens (primary N) is 1. The second-order valence-corrected chi connectivity index (χ2v) is 6.36. The van der Waals surface area contributed by atoms with Gasteiger partial charge in [-0.2, -0.15) is 5.10 Å². The Bertz CT molecular complexity index is 564. The van der Waals surface area contributed by atoms with E-state index in [2.05, 4.69) is 5.10 Å². The number of aryl methyl sites for hydroxylation is 1. The molecule has 0 bridgehead atoms. The zero-order valence-corrected chi connectivity index (χ0v) is 11.6. The summed E-state index contributed by atoms with van der Waals surface area (Å²) in [6.45, 7) is 2.56. The van der Waals surface area contributed by atoms with E-state index in [-0.39, 0.29) is 5.25 Å². The smallest absolute Gasteiger partial charge is 0.0828 e. The quantitative estimate of drug-likeness (QED) is 0.892. The van der Waals surface area contributed by atoms with E-state index in [1.807, 2.05) is 42.9 Å². The molecule has 2 N–H and O–H groups in total. The van der Waals surface area contributed by atoms with Gasteiger partial charge in [-0.1, -0.05) is 25.1 Å². The number of rotatable bonds is 5. The first-order chi connectivity index (χ1) is 8.63. The van der Waals surface area contributed by atoms with E-state index in [1.165, 1.54) is 0 Å². The Morgan fingerprint density at radius 1 is 1.44 bits per heavy atom. The summed E-state index contributed by atoms with van der Waals surface area (Å²) in [6.07, 6.45) is 0.789. The number of aromatic nitrogens is 2. The molecular formula is C13H19N3OS. The van der Waals surface area contributed by atoms with Crippen LogP contribution in [0, 0.1) is 0 Å². The fraction of sp³-hybridized carbons (Fsp3) is 0.462. The van der Waals surface area contributed by atoms with E-state index in [0.29, 0.717) is 12.3 Å². The van der Waals surface area contributed by atoms with Gasteiger partial charge in [0.05, 0.1) is 17.0 Å². The molecule has 5 heteroatoms. The highest BCUT2D eigenvalue weighted by atomic mass is 32.2. The number of benzene rings is 1. The first-order valence-electron chi connectivity index (χ1n) is 6.11. The van der Waals surface area contributed by atoms with Gasteiger partial charge in [0.1, 0.15) is 0 Å². The van der Waals surface area contributed by atoms with E-state index in [9.17, 15) is 4.21 Å². The minimum atomic E-state index is -0.914. The minimum absolute atomic E-state index is 0.121. The lowest BCUT2D eigenvalue weighted by atomic mass is 10.2. The highest BCUT2D eigenvalue weighted by Gasteiger charge is 2.15. The summed E-state index contributed by atoms with van der Waals surface area (Å²) in [5, 5.41) is 5.68. The largest absolute Gasteiger partial charge is 0.330 e. The van der Waals surface area contributed by atoms with Crippen LogP contribution in [-0.2, 0) is 23.6 Å². The van der Waals surface area contributed by atoms with E-state index in [1.54, 1.807) is 0 Å². The lowest BCUT2D eigenvalue weighted by Gasteiger charge is -2.08. The maximum absolute atomic E-state index is 12.2. The van der Waals surface area contributed by atoms with E-state index in [0.717, 1.165) is 23.0 Å². The summed E-state index contributed by atoms with van der Waals surface area (Å²) in [7, 11) is 1.00. The SMILES string of the molecule is CC(CCN)S(=O)Cc1nn(C)c2ccccc12. The first-order valence-corrected chi connectivity index (χ1v) is 7.49. The zero-order chi connectivity index (χ0) is 13.1. The third-order valence-electron chi connectivity index (χ3n) is 3.14. The number of hydrogen-bond acceptors (Lipinski definition) is 3. The average molecular weight is 265 g/mol. The van der Waals surface area contributed by atoms with Crippen molar-refractivity contribution in [1.29, 1.82) is 0 Å². The third-order valence-corrected chi connectivity index (χ3v) is 4.83. The van der Waals surface area contributed by atoms with Crippen LogP contribution in [0.4, 0.5) is 0 Å². The summed E-state index contributed by atoms with van der Waals surface area (Å²) < 4.78 is 14.0. The molecule has 1 aromatic heterocycles. The molecule has 4 nitrogen and oxygen atoms in total. The molecule has 0 saturated heterocycles. The topological polar surface area (TPSA) is 60.9 Å². The van der Waals surface area contributed by atoms with Crippen molar-refractivity contribution in [1.82, 2.24) is 9.78 Å². The molecule has 0 aliphatic rings. The zero-order valence-electron chi connectivity index (χ0n) is 10.8. The summed E-state index contributed by atoms with van der Waals surface area (Å²) in [5.74, 6) is 0.503. The van der Waals surface area contributed by atoms with Crippen LogP contribution in [0.25, 0.3) is 10.9 Å². The Morgan fingerprint density at radius 2 is 2.17 bits per heavy atom. The van der Waals surface area contributed by atoms with Crippen molar-refractivity contribution in [2.75, 3.05) is 6.54 Å². The molecular weight excluding hydrogens is 246 g/mol. The molecule has 2 aromatic rings. The standard InChI is InChI=1S/C13H19N3OS/c1-10(7-8-14)18(17)9-12-11-5-3-4-6-13(11)16(2)15-12/h3-6,10H,7-9,14H2,1-2H3. The van der Waals surface area contributed by atoms with Crippen LogP contribution in [0.3, 0.4) is 0 Å². The maximum atomic E-state index is 12.2. The molecule has 1 heterocycles. The van der Waals surface area contributed by atoms with Gasteiger partial charge in [-0.15, -0.1) is 0 Å². The molecule has 0 aliphatic heterocycles. The van der Waals surface area contributed by atoms with Crippen molar-refractivity contribution in [2.45, 2.75) is 24.3 Å². The average Bonchev–Trinajstić information content (AvgIpc) is 2.67. The number of hydrogen-bond donors (Lipinski definition) is 1. The molecule has 98 valence electrons. The van der Waals surface area contributed by atoms with E-state index >= 15 is 0 Å². The third kappa shape index (κ3) is 2.62. The predicted octanol–water partition coefficient (Wildman–Crippen LogP) is 1.56. The Balaban J connectivity index is 2.24. The molecule has 1 aromatic carbocycles. The molecule has 2 rings (SSSR count). The van der Waals surface area contributed by atoms with Crippen molar-refractivity contribution in [2.24, 2.45) is 12.8 Å². The Morgan fingerprint density at radius 3 is 2.89 bits per heavy atom. The maximum Gasteiger partial charge on any atom is 0.0828 e. The highest BCUT2D eigenvalue weighted by Crippen LogP contribution is 2.19. The Hall–Kier alpha value is -1.20. The minimum Gasteiger partial charge on any atom is -0.330 e. The van der Waals surface area contributed by atoms with E-state index in [4.69, 9.17) is 5.73 Å². The highest BCUT2D eigenvalue weighted by molar-refractivity contribution is 7.84. The number of nitrogens with zero attached hydrogens (tertiary/aromatic N) is 2. The number of para-hydroxylation sites is 1. The fourth-order valence-electron chi connectivity index (χ4n) is 2.04. The van der Waals surface area contributed by atoms with Gasteiger partial charge in [0.15, 0.2) is 0 Å². The molecule has 0 fully saturated rings. The first kappa shape index (κ1) is 13.2. The van der Waals surface area contributed by atoms with Crippen LogP contribution in [0.15, 0.2) is 24.3 Å². The van der Waals surface area contributed by atoms with Crippen molar-refractivity contribution in [3.05, 3.63) is 30.0 Å². The van der Waals surface area contributed by atoms with Crippen molar-refractivity contribution < 1.29 is 4.21 Å². The lowest BCUT2D eigenvalue weighted by Crippen LogP contribution is -2.17. The Labute approximate surface area is 110 Å². The molecule has 0 saturated carbocycles. The normalized spacial score (nSPS) is 14.8. The molecule has 18 heavy (non-hydrogen) atoms. The van der Waals surface area contributed by atoms with Crippen LogP contribution in [0.1, 0.15) is 19.0 Å². The van der Waals surface area contributed by atoms with Crippen LogP contribution >= 0.6 is 0 Å². The van der Waals surface area contributed by atoms with Gasteiger partial charge in [0.25, 0.3) is 0 Å². The van der Waals surface area contributed by atoms with Crippen LogP contribution in [0.5, 0.6) is 0 Å². The summed E-state index contributed by atoms with van der Waals surface area (Å²) in [5.41, 5.74) is 7.49. The van der Waals surface area contributed by atoms with Gasteiger partial charge in [0.2, 0.25) is 0 Å². The number of fused-ring (bicyclic) bond motifs is 1. The van der Waals surface area contributed by atoms with Crippen LogP contribution in [0.2, 0.25) is 0 Å². The van der Waals surface area contributed by atoms with Gasteiger partial charge < -0.3 is 5.73 Å². The molecule has 2 atom stereocenters. The lowest BCUT2D eigenvalue weighted by molar-refractivity contribution is 0.664. The van der Waals surface area contributed by atoms with E-state index < -0.39 is 10.8 Å². The second-order valence-electron chi connectivity index (χ2n) is 4.50. The second kappa shape index (κ2) is 5.63. The van der Waals surface area contributed by atoms with Crippen LogP contribution < -0.4 is 5.73 Å². The molecule has 2 unspecified atom stereocenters. The molecule has 0 amide bonds. The summed E-state index contributed by atoms with van der Waals surface area (Å²) >= 11 is 0. The molecule has 0 radical (unpaired) electrons. The van der Waals surface area contributed by atoms with Crippen LogP contribution in [-0.4, -0.2) is 25.8 Å². The fourth-order valence-corrected chi connectivity index (χ4v) is 3.20. The van der Waals surface area contributed by atoms with Crippen molar-refractivity contribution in [3.63, 3.8) is 0 Å². The van der Waals surface area contributed by atoms with Gasteiger partial charge in [-0.25, -0.2) is 0 Å². The summed E-state index contributed by atoms with van der Waals surface area (Å²) in [6, 6.07) is 8.03. The van der Waals surface area contributed by atoms with Gasteiger partial charge in [0, 0.05) is 28.5 Å². The van der Waals surface area contributed by atoms with Crippen molar-refractivity contribution >= 4 is 21.7 Å². The van der Waals surface area contributed by atoms with Gasteiger partial charge in [-0.05, 0) is 19.0 Å². The predicted molar refractivity (Wildman–Crippen MR) is 75.7 cm³/mol. The van der Waals surface area contributed by atoms with Crippen molar-refractivity contribution in [3.8, 4) is 0 Å². The van der Waals surface area contributed by atoms with Gasteiger partial charge in [-0.3, -0.25) is 8.89 Å². The monoisotopic (exact) mass is 265 g/mol.